The van der Waals surface area contributed by atoms with Crippen LogP contribution in [-0.2, 0) is 9.53 Å². The second kappa shape index (κ2) is 7.35. The van der Waals surface area contributed by atoms with E-state index in [4.69, 9.17) is 9.47 Å². The molecule has 1 aliphatic rings. The molecule has 0 aliphatic carbocycles. The normalized spacial score (nSPS) is 17.4. The van der Waals surface area contributed by atoms with Crippen molar-refractivity contribution in [1.82, 2.24) is 4.90 Å². The number of cyclic esters (lactones) is 1. The van der Waals surface area contributed by atoms with Gasteiger partial charge < -0.3 is 9.47 Å². The maximum atomic E-state index is 13.3. The molecule has 28 heavy (non-hydrogen) atoms. The van der Waals surface area contributed by atoms with Crippen LogP contribution in [0.3, 0.4) is 0 Å². The Balaban J connectivity index is 1.69. The first-order valence-corrected chi connectivity index (χ1v) is 9.21. The highest BCUT2D eigenvalue weighted by atomic mass is 16.6. The Morgan fingerprint density at radius 1 is 1.11 bits per heavy atom. The number of carbonyl (C=O) groups excluding carboxylic acids is 2. The third-order valence-corrected chi connectivity index (χ3v) is 5.25. The van der Waals surface area contributed by atoms with Crippen molar-refractivity contribution in [2.45, 2.75) is 18.9 Å². The van der Waals surface area contributed by atoms with Crippen LogP contribution in [0.25, 0.3) is 10.8 Å². The number of ether oxygens (including phenoxy) is 2. The van der Waals surface area contributed by atoms with Crippen LogP contribution in [-0.4, -0.2) is 30.6 Å². The highest BCUT2D eigenvalue weighted by Gasteiger charge is 2.41. The van der Waals surface area contributed by atoms with Gasteiger partial charge in [0.1, 0.15) is 18.4 Å². The molecule has 0 unspecified atom stereocenters. The van der Waals surface area contributed by atoms with E-state index in [2.05, 4.69) is 0 Å². The maximum absolute atomic E-state index is 13.3. The number of imide groups is 1. The van der Waals surface area contributed by atoms with Crippen molar-refractivity contribution in [3.05, 3.63) is 77.9 Å². The minimum absolute atomic E-state index is 0.175. The van der Waals surface area contributed by atoms with Crippen molar-refractivity contribution in [2.24, 2.45) is 0 Å². The second-order valence-corrected chi connectivity index (χ2v) is 6.87. The van der Waals surface area contributed by atoms with Crippen LogP contribution in [0.15, 0.2) is 66.7 Å². The maximum Gasteiger partial charge on any atom is 0.417 e. The molecular formula is C23H21NO4. The van der Waals surface area contributed by atoms with Crippen molar-refractivity contribution >= 4 is 22.8 Å². The van der Waals surface area contributed by atoms with Gasteiger partial charge in [-0.25, -0.2) is 9.69 Å². The lowest BCUT2D eigenvalue weighted by atomic mass is 9.93. The third kappa shape index (κ3) is 3.09. The minimum Gasteiger partial charge on any atom is -0.497 e. The molecule has 5 heteroatoms. The Bertz CT molecular complexity index is 1030. The number of methoxy groups -OCH3 is 1. The predicted octanol–water partition coefficient (Wildman–Crippen LogP) is 4.67. The van der Waals surface area contributed by atoms with E-state index in [1.807, 2.05) is 73.7 Å². The predicted molar refractivity (Wildman–Crippen MR) is 106 cm³/mol. The SMILES string of the molecule is COc1ccc2c([C@@H](C)C(=O)N3C(=O)OC[C@@H]3c3ccccc3)cccc2c1. The summed E-state index contributed by atoms with van der Waals surface area (Å²) in [6.07, 6.45) is -0.590. The Morgan fingerprint density at radius 3 is 2.64 bits per heavy atom. The zero-order chi connectivity index (χ0) is 19.7. The lowest BCUT2D eigenvalue weighted by Gasteiger charge is -2.24. The molecule has 0 bridgehead atoms. The average molecular weight is 375 g/mol. The summed E-state index contributed by atoms with van der Waals surface area (Å²) in [5.41, 5.74) is 1.76. The molecule has 1 aliphatic heterocycles. The molecule has 0 saturated carbocycles. The minimum atomic E-state index is -0.590. The molecule has 3 aromatic carbocycles. The molecule has 2 amide bonds. The first-order valence-electron chi connectivity index (χ1n) is 9.21. The average Bonchev–Trinajstić information content (AvgIpc) is 3.13. The number of hydrogen-bond acceptors (Lipinski definition) is 4. The lowest BCUT2D eigenvalue weighted by Crippen LogP contribution is -2.37. The summed E-state index contributed by atoms with van der Waals surface area (Å²) >= 11 is 0. The first-order chi connectivity index (χ1) is 13.6. The molecule has 2 atom stereocenters. The standard InChI is InChI=1S/C23H21NO4/c1-15(19-10-6-9-17-13-18(27-2)11-12-20(17)19)22(25)24-21(14-28-23(24)26)16-7-4-3-5-8-16/h3-13,15,21H,14H2,1-2H3/t15-,21-/m1/s1. The van der Waals surface area contributed by atoms with Crippen LogP contribution in [0.5, 0.6) is 5.75 Å². The van der Waals surface area contributed by atoms with Crippen molar-refractivity contribution in [3.63, 3.8) is 0 Å². The van der Waals surface area contributed by atoms with E-state index in [-0.39, 0.29) is 12.5 Å². The smallest absolute Gasteiger partial charge is 0.417 e. The Morgan fingerprint density at radius 2 is 1.89 bits per heavy atom. The zero-order valence-corrected chi connectivity index (χ0v) is 15.8. The third-order valence-electron chi connectivity index (χ3n) is 5.25. The van der Waals surface area contributed by atoms with Gasteiger partial charge >= 0.3 is 6.09 Å². The van der Waals surface area contributed by atoms with E-state index >= 15 is 0 Å². The molecule has 0 aromatic heterocycles. The van der Waals surface area contributed by atoms with Gasteiger partial charge in [-0.3, -0.25) is 4.79 Å². The number of carbonyl (C=O) groups is 2. The molecule has 0 radical (unpaired) electrons. The molecule has 1 saturated heterocycles. The van der Waals surface area contributed by atoms with E-state index in [1.165, 1.54) is 4.90 Å². The molecule has 142 valence electrons. The van der Waals surface area contributed by atoms with Crippen molar-refractivity contribution < 1.29 is 19.1 Å². The fourth-order valence-electron chi connectivity index (χ4n) is 3.72. The molecule has 1 fully saturated rings. The van der Waals surface area contributed by atoms with E-state index < -0.39 is 18.1 Å². The van der Waals surface area contributed by atoms with Gasteiger partial charge in [0.05, 0.1) is 13.0 Å². The van der Waals surface area contributed by atoms with Gasteiger partial charge in [0.2, 0.25) is 5.91 Å². The van der Waals surface area contributed by atoms with Crippen molar-refractivity contribution in [1.29, 1.82) is 0 Å². The largest absolute Gasteiger partial charge is 0.497 e. The number of rotatable bonds is 4. The highest BCUT2D eigenvalue weighted by Crippen LogP contribution is 2.34. The molecular weight excluding hydrogens is 354 g/mol. The summed E-state index contributed by atoms with van der Waals surface area (Å²) < 4.78 is 10.5. The van der Waals surface area contributed by atoms with Crippen LogP contribution < -0.4 is 4.74 Å². The number of benzene rings is 3. The van der Waals surface area contributed by atoms with Gasteiger partial charge in [0.15, 0.2) is 0 Å². The van der Waals surface area contributed by atoms with Crippen LogP contribution in [0.4, 0.5) is 4.79 Å². The van der Waals surface area contributed by atoms with E-state index in [0.717, 1.165) is 27.6 Å². The van der Waals surface area contributed by atoms with Gasteiger partial charge in [-0.2, -0.15) is 0 Å². The van der Waals surface area contributed by atoms with Gasteiger partial charge in [0.25, 0.3) is 0 Å². The molecule has 0 spiro atoms. The van der Waals surface area contributed by atoms with Crippen LogP contribution in [0.2, 0.25) is 0 Å². The van der Waals surface area contributed by atoms with E-state index in [9.17, 15) is 9.59 Å². The Kier molecular flexibility index (Phi) is 4.74. The molecule has 5 nitrogen and oxygen atoms in total. The quantitative estimate of drug-likeness (QED) is 0.665. The topological polar surface area (TPSA) is 55.8 Å². The van der Waals surface area contributed by atoms with Crippen molar-refractivity contribution in [2.75, 3.05) is 13.7 Å². The van der Waals surface area contributed by atoms with Crippen LogP contribution in [0.1, 0.15) is 30.0 Å². The summed E-state index contributed by atoms with van der Waals surface area (Å²) in [5, 5.41) is 1.95. The van der Waals surface area contributed by atoms with Crippen LogP contribution in [0, 0.1) is 0 Å². The Hall–Kier alpha value is -3.34. The van der Waals surface area contributed by atoms with Crippen LogP contribution >= 0.6 is 0 Å². The monoisotopic (exact) mass is 375 g/mol. The fraction of sp³-hybridized carbons (Fsp3) is 0.217. The number of fused-ring (bicyclic) bond motifs is 1. The highest BCUT2D eigenvalue weighted by molar-refractivity contribution is 6.00. The lowest BCUT2D eigenvalue weighted by molar-refractivity contribution is -0.130. The number of amides is 2. The molecule has 0 N–H and O–H groups in total. The van der Waals surface area contributed by atoms with E-state index in [1.54, 1.807) is 7.11 Å². The fourth-order valence-corrected chi connectivity index (χ4v) is 3.72. The molecule has 4 rings (SSSR count). The zero-order valence-electron chi connectivity index (χ0n) is 15.8. The molecule has 3 aromatic rings. The molecule has 1 heterocycles. The number of nitrogens with zero attached hydrogens (tertiary/aromatic N) is 1. The van der Waals surface area contributed by atoms with Gasteiger partial charge in [-0.1, -0.05) is 54.6 Å². The van der Waals surface area contributed by atoms with E-state index in [0.29, 0.717) is 0 Å². The second-order valence-electron chi connectivity index (χ2n) is 6.87. The first kappa shape index (κ1) is 18.0. The van der Waals surface area contributed by atoms with Gasteiger partial charge in [0, 0.05) is 0 Å². The number of hydrogen-bond donors (Lipinski definition) is 0. The summed E-state index contributed by atoms with van der Waals surface area (Å²) in [6.45, 7) is 2.00. The Labute approximate surface area is 163 Å². The summed E-state index contributed by atoms with van der Waals surface area (Å²) in [7, 11) is 1.62. The van der Waals surface area contributed by atoms with Crippen molar-refractivity contribution in [3.8, 4) is 5.75 Å². The van der Waals surface area contributed by atoms with Gasteiger partial charge in [-0.05, 0) is 41.0 Å². The van der Waals surface area contributed by atoms with Gasteiger partial charge in [-0.15, -0.1) is 0 Å². The summed E-state index contributed by atoms with van der Waals surface area (Å²) in [5.74, 6) is 0.00419. The summed E-state index contributed by atoms with van der Waals surface area (Å²) in [4.78, 5) is 26.9. The summed E-state index contributed by atoms with van der Waals surface area (Å²) in [6, 6.07) is 20.7.